The molecule has 4 nitrogen and oxygen atoms in total. The molecule has 25 heavy (non-hydrogen) atoms. The molecule has 2 aromatic carbocycles. The van der Waals surface area contributed by atoms with Crippen LogP contribution < -0.4 is 4.90 Å². The van der Waals surface area contributed by atoms with Crippen LogP contribution in [0.2, 0.25) is 5.02 Å². The zero-order valence-corrected chi connectivity index (χ0v) is 14.7. The summed E-state index contributed by atoms with van der Waals surface area (Å²) in [6, 6.07) is 17.2. The molecule has 4 rings (SSSR count). The van der Waals surface area contributed by atoms with Crippen LogP contribution in [0.1, 0.15) is 5.01 Å². The number of nitrogens with one attached hydrogen (secondary N) is 1. The number of para-hydroxylation sites is 1. The molecular weight excluding hydrogens is 354 g/mol. The number of aromatic nitrogens is 1. The highest BCUT2D eigenvalue weighted by molar-refractivity contribution is 7.11. The molecule has 2 heterocycles. The summed E-state index contributed by atoms with van der Waals surface area (Å²) in [5, 5.41) is 22.1. The fourth-order valence-corrected chi connectivity index (χ4v) is 3.94. The van der Waals surface area contributed by atoms with Gasteiger partial charge in [-0.3, -0.25) is 5.41 Å². The Morgan fingerprint density at radius 1 is 1.08 bits per heavy atom. The van der Waals surface area contributed by atoms with Crippen LogP contribution in [0.5, 0.6) is 0 Å². The molecule has 0 unspecified atom stereocenters. The van der Waals surface area contributed by atoms with E-state index in [-0.39, 0.29) is 18.1 Å². The lowest BCUT2D eigenvalue weighted by Gasteiger charge is -2.19. The van der Waals surface area contributed by atoms with Crippen molar-refractivity contribution in [1.29, 1.82) is 5.41 Å². The summed E-state index contributed by atoms with van der Waals surface area (Å²) in [6.45, 7) is 0.220. The quantitative estimate of drug-likeness (QED) is 0.666. The average Bonchev–Trinajstić information content (AvgIpc) is 3.21. The van der Waals surface area contributed by atoms with Gasteiger partial charge in [0.1, 0.15) is 16.6 Å². The monoisotopic (exact) mass is 367 g/mol. The van der Waals surface area contributed by atoms with Gasteiger partial charge in [-0.2, -0.15) is 0 Å². The largest absolute Gasteiger partial charge is 0.510 e. The predicted molar refractivity (Wildman–Crippen MR) is 104 cm³/mol. The minimum atomic E-state index is 0.138. The minimum Gasteiger partial charge on any atom is -0.510 e. The van der Waals surface area contributed by atoms with Gasteiger partial charge in [0.15, 0.2) is 0 Å². The van der Waals surface area contributed by atoms with Gasteiger partial charge >= 0.3 is 0 Å². The van der Waals surface area contributed by atoms with Gasteiger partial charge in [-0.15, -0.1) is 11.3 Å². The van der Waals surface area contributed by atoms with Crippen LogP contribution in [0.4, 0.5) is 5.69 Å². The second-order valence-electron chi connectivity index (χ2n) is 5.61. The summed E-state index contributed by atoms with van der Waals surface area (Å²) in [5.41, 5.74) is 3.02. The predicted octanol–water partition coefficient (Wildman–Crippen LogP) is 5.23. The number of thiazole rings is 1. The molecule has 0 saturated carbocycles. The van der Waals surface area contributed by atoms with E-state index < -0.39 is 0 Å². The third kappa shape index (κ3) is 2.81. The topological polar surface area (TPSA) is 60.2 Å². The molecule has 0 amide bonds. The van der Waals surface area contributed by atoms with Gasteiger partial charge in [-0.05, 0) is 12.1 Å². The van der Waals surface area contributed by atoms with Crippen LogP contribution in [-0.2, 0) is 0 Å². The summed E-state index contributed by atoms with van der Waals surface area (Å²) in [7, 11) is 0. The second kappa shape index (κ2) is 6.35. The van der Waals surface area contributed by atoms with E-state index in [9.17, 15) is 5.11 Å². The van der Waals surface area contributed by atoms with Crippen molar-refractivity contribution in [2.75, 3.05) is 11.4 Å². The van der Waals surface area contributed by atoms with Crippen LogP contribution in [-0.4, -0.2) is 22.5 Å². The maximum atomic E-state index is 10.4. The third-order valence-electron chi connectivity index (χ3n) is 4.03. The maximum absolute atomic E-state index is 10.4. The summed E-state index contributed by atoms with van der Waals surface area (Å²) >= 11 is 7.66. The standard InChI is InChI=1S/C19H14ClN3OS/c20-13-8-4-5-9-15(13)23-10-16(24)17(18(23)21)19-22-14(11-25-19)12-6-2-1-3-7-12/h1-9,11,21,24H,10H2. The highest BCUT2D eigenvalue weighted by atomic mass is 35.5. The number of nitrogens with zero attached hydrogens (tertiary/aromatic N) is 2. The Morgan fingerprint density at radius 3 is 2.56 bits per heavy atom. The average molecular weight is 368 g/mol. The van der Waals surface area contributed by atoms with Crippen LogP contribution >= 0.6 is 22.9 Å². The molecule has 1 aliphatic heterocycles. The Kier molecular flexibility index (Phi) is 4.03. The molecule has 1 aliphatic rings. The fourth-order valence-electron chi connectivity index (χ4n) is 2.81. The number of aliphatic hydroxyl groups is 1. The molecular formula is C19H14ClN3OS. The Balaban J connectivity index is 1.68. The Morgan fingerprint density at radius 2 is 1.80 bits per heavy atom. The zero-order chi connectivity index (χ0) is 17.4. The number of benzene rings is 2. The Bertz CT molecular complexity index is 981. The van der Waals surface area contributed by atoms with Crippen molar-refractivity contribution in [3.63, 3.8) is 0 Å². The zero-order valence-electron chi connectivity index (χ0n) is 13.1. The number of amidine groups is 1. The van der Waals surface area contributed by atoms with E-state index in [0.717, 1.165) is 11.3 Å². The van der Waals surface area contributed by atoms with Crippen molar-refractivity contribution < 1.29 is 5.11 Å². The molecule has 0 aliphatic carbocycles. The smallest absolute Gasteiger partial charge is 0.139 e. The van der Waals surface area contributed by atoms with Crippen molar-refractivity contribution in [2.45, 2.75) is 0 Å². The van der Waals surface area contributed by atoms with Gasteiger partial charge in [-0.1, -0.05) is 54.1 Å². The Labute approximate surface area is 154 Å². The van der Waals surface area contributed by atoms with E-state index in [1.165, 1.54) is 11.3 Å². The van der Waals surface area contributed by atoms with E-state index in [0.29, 0.717) is 21.3 Å². The van der Waals surface area contributed by atoms with Gasteiger partial charge in [0.05, 0.1) is 28.5 Å². The normalized spacial score (nSPS) is 14.4. The van der Waals surface area contributed by atoms with Crippen molar-refractivity contribution in [1.82, 2.24) is 4.98 Å². The SMILES string of the molecule is N=C1C(c2nc(-c3ccccc3)cs2)=C(O)CN1c1ccccc1Cl. The molecule has 0 spiro atoms. The molecule has 0 atom stereocenters. The van der Waals surface area contributed by atoms with E-state index in [1.54, 1.807) is 11.0 Å². The van der Waals surface area contributed by atoms with Crippen LogP contribution in [0.3, 0.4) is 0 Å². The van der Waals surface area contributed by atoms with Crippen molar-refractivity contribution in [2.24, 2.45) is 0 Å². The van der Waals surface area contributed by atoms with Gasteiger partial charge < -0.3 is 10.0 Å². The van der Waals surface area contributed by atoms with Crippen molar-refractivity contribution >= 4 is 40.0 Å². The lowest BCUT2D eigenvalue weighted by Crippen LogP contribution is -2.26. The summed E-state index contributed by atoms with van der Waals surface area (Å²) in [4.78, 5) is 6.31. The van der Waals surface area contributed by atoms with E-state index in [1.807, 2.05) is 53.9 Å². The van der Waals surface area contributed by atoms with E-state index in [2.05, 4.69) is 4.98 Å². The first kappa shape index (κ1) is 15.9. The number of hydrogen-bond donors (Lipinski definition) is 2. The molecule has 124 valence electrons. The minimum absolute atomic E-state index is 0.138. The lowest BCUT2D eigenvalue weighted by molar-refractivity contribution is 0.411. The third-order valence-corrected chi connectivity index (χ3v) is 5.21. The number of rotatable bonds is 3. The van der Waals surface area contributed by atoms with Gasteiger partial charge in [0.2, 0.25) is 0 Å². The van der Waals surface area contributed by atoms with Gasteiger partial charge in [0.25, 0.3) is 0 Å². The molecule has 0 radical (unpaired) electrons. The number of halogens is 1. The first-order chi connectivity index (χ1) is 12.1. The van der Waals surface area contributed by atoms with Crippen molar-refractivity contribution in [3.8, 4) is 11.3 Å². The summed E-state index contributed by atoms with van der Waals surface area (Å²) in [5.74, 6) is 0.346. The summed E-state index contributed by atoms with van der Waals surface area (Å²) in [6.07, 6.45) is 0. The molecule has 0 fully saturated rings. The van der Waals surface area contributed by atoms with Gasteiger partial charge in [-0.25, -0.2) is 4.98 Å². The Hall–Kier alpha value is -2.63. The van der Waals surface area contributed by atoms with Crippen LogP contribution in [0, 0.1) is 5.41 Å². The molecule has 6 heteroatoms. The lowest BCUT2D eigenvalue weighted by atomic mass is 10.2. The maximum Gasteiger partial charge on any atom is 0.139 e. The molecule has 1 aromatic heterocycles. The molecule has 3 aromatic rings. The van der Waals surface area contributed by atoms with E-state index in [4.69, 9.17) is 17.0 Å². The van der Waals surface area contributed by atoms with Crippen LogP contribution in [0.25, 0.3) is 16.8 Å². The number of hydrogen-bond acceptors (Lipinski definition) is 4. The molecule has 2 N–H and O–H groups in total. The molecule has 0 bridgehead atoms. The van der Waals surface area contributed by atoms with Gasteiger partial charge in [0, 0.05) is 10.9 Å². The van der Waals surface area contributed by atoms with Crippen molar-refractivity contribution in [3.05, 3.63) is 75.8 Å². The fraction of sp³-hybridized carbons (Fsp3) is 0.0526. The van der Waals surface area contributed by atoms with Crippen LogP contribution in [0.15, 0.2) is 65.7 Å². The highest BCUT2D eigenvalue weighted by Crippen LogP contribution is 2.36. The first-order valence-electron chi connectivity index (χ1n) is 7.69. The second-order valence-corrected chi connectivity index (χ2v) is 6.88. The summed E-state index contributed by atoms with van der Waals surface area (Å²) < 4.78 is 0. The van der Waals surface area contributed by atoms with E-state index >= 15 is 0 Å². The highest BCUT2D eigenvalue weighted by Gasteiger charge is 2.32. The first-order valence-corrected chi connectivity index (χ1v) is 8.95. The number of aliphatic hydroxyl groups excluding tert-OH is 1. The number of anilines is 1. The molecule has 0 saturated heterocycles.